The zero-order valence-corrected chi connectivity index (χ0v) is 41.5. The maximum atomic E-state index is 6.68. The lowest BCUT2D eigenvalue weighted by molar-refractivity contribution is 0.604. The second kappa shape index (κ2) is 15.4. The molecule has 6 heteroatoms. The summed E-state index contributed by atoms with van der Waals surface area (Å²) >= 11 is 0. The molecule has 354 valence electrons. The van der Waals surface area contributed by atoms with Crippen molar-refractivity contribution in [2.45, 2.75) is 20.8 Å². The van der Waals surface area contributed by atoms with E-state index in [1.54, 1.807) is 0 Å². The summed E-state index contributed by atoms with van der Waals surface area (Å²) in [6, 6.07) is 71.2. The molecule has 0 bridgehead atoms. The number of nitrogens with zero attached hydrogens (tertiary/aromatic N) is 4. The maximum Gasteiger partial charge on any atom is 0.159 e. The Kier molecular flexibility index (Phi) is 8.57. The van der Waals surface area contributed by atoms with Crippen molar-refractivity contribution < 1.29 is 8.83 Å². The average molecular weight is 963 g/mol. The first-order valence-electron chi connectivity index (χ1n) is 25.7. The first kappa shape index (κ1) is 41.8. The minimum atomic E-state index is 0.763. The number of para-hydroxylation sites is 5. The lowest BCUT2D eigenvalue weighted by Gasteiger charge is -2.26. The van der Waals surface area contributed by atoms with Crippen LogP contribution < -0.4 is 9.80 Å². The molecule has 0 unspecified atom stereocenters. The van der Waals surface area contributed by atoms with Crippen LogP contribution in [-0.2, 0) is 0 Å². The number of benzene rings is 10. The minimum absolute atomic E-state index is 0.763. The predicted octanol–water partition coefficient (Wildman–Crippen LogP) is 19.9. The highest BCUT2D eigenvalue weighted by Crippen LogP contribution is 2.49. The molecule has 0 aliphatic heterocycles. The van der Waals surface area contributed by atoms with Gasteiger partial charge in [0.05, 0.1) is 44.5 Å². The number of hydrogen-bond donors (Lipinski definition) is 0. The van der Waals surface area contributed by atoms with Crippen LogP contribution in [0.2, 0.25) is 0 Å². The van der Waals surface area contributed by atoms with Crippen LogP contribution in [-0.4, -0.2) is 8.80 Å². The third kappa shape index (κ3) is 5.73. The van der Waals surface area contributed by atoms with Gasteiger partial charge in [-0.3, -0.25) is 0 Å². The van der Waals surface area contributed by atoms with Gasteiger partial charge in [-0.05, 0) is 129 Å². The zero-order valence-electron chi connectivity index (χ0n) is 41.5. The summed E-state index contributed by atoms with van der Waals surface area (Å²) in [5, 5.41) is 13.1. The highest BCUT2D eigenvalue weighted by molar-refractivity contribution is 6.29. The molecule has 0 spiro atoms. The van der Waals surface area contributed by atoms with Crippen LogP contribution in [0.3, 0.4) is 0 Å². The first-order chi connectivity index (χ1) is 36.9. The summed E-state index contributed by atoms with van der Waals surface area (Å²) in [6.45, 7) is 10.4. The van der Waals surface area contributed by atoms with Crippen molar-refractivity contribution in [3.8, 4) is 0 Å². The molecule has 16 aromatic rings. The Labute approximate surface area is 430 Å². The molecule has 0 N–H and O–H groups in total. The fraction of sp³-hybridized carbons (Fsp3) is 0.0435. The Morgan fingerprint density at radius 2 is 0.853 bits per heavy atom. The Balaban J connectivity index is 0.891. The Morgan fingerprint density at radius 3 is 1.39 bits per heavy atom. The van der Waals surface area contributed by atoms with Crippen LogP contribution in [0.4, 0.5) is 34.1 Å². The normalized spacial score (nSPS) is 12.5. The second-order valence-corrected chi connectivity index (χ2v) is 20.2. The van der Waals surface area contributed by atoms with Gasteiger partial charge >= 0.3 is 0 Å². The van der Waals surface area contributed by atoms with E-state index in [2.05, 4.69) is 239 Å². The molecule has 10 aromatic carbocycles. The second-order valence-electron chi connectivity index (χ2n) is 20.2. The van der Waals surface area contributed by atoms with E-state index in [0.29, 0.717) is 0 Å². The smallest absolute Gasteiger partial charge is 0.159 e. The highest BCUT2D eigenvalue weighted by atomic mass is 16.3. The fourth-order valence-corrected chi connectivity index (χ4v) is 12.8. The molecular weight excluding hydrogens is 917 g/mol. The molecule has 0 aliphatic rings. The molecule has 0 saturated heterocycles. The monoisotopic (exact) mass is 962 g/mol. The Hall–Kier alpha value is -9.78. The summed E-state index contributed by atoms with van der Waals surface area (Å²) in [4.78, 5) is 4.70. The van der Waals surface area contributed by atoms with Gasteiger partial charge in [0, 0.05) is 87.6 Å². The van der Waals surface area contributed by atoms with Gasteiger partial charge in [0.25, 0.3) is 0 Å². The van der Waals surface area contributed by atoms with Gasteiger partial charge in [-0.15, -0.1) is 0 Å². The first-order valence-corrected chi connectivity index (χ1v) is 25.7. The molecule has 0 atom stereocenters. The van der Waals surface area contributed by atoms with Crippen LogP contribution in [0.1, 0.15) is 29.4 Å². The largest absolute Gasteiger partial charge is 0.454 e. The van der Waals surface area contributed by atoms with Gasteiger partial charge < -0.3 is 27.4 Å². The molecule has 0 radical (unpaired) electrons. The van der Waals surface area contributed by atoms with Crippen LogP contribution in [0, 0.1) is 13.8 Å². The molecule has 0 amide bonds. The highest BCUT2D eigenvalue weighted by Gasteiger charge is 2.27. The number of anilines is 6. The van der Waals surface area contributed by atoms with E-state index in [1.165, 1.54) is 87.3 Å². The quantitative estimate of drug-likeness (QED) is 0.152. The Bertz CT molecular complexity index is 5100. The molecule has 0 saturated carbocycles. The topological polar surface area (TPSA) is 41.6 Å². The Morgan fingerprint density at radius 1 is 0.400 bits per heavy atom. The van der Waals surface area contributed by atoms with E-state index in [-0.39, 0.29) is 0 Å². The lowest BCUT2D eigenvalue weighted by Crippen LogP contribution is -2.10. The molecule has 75 heavy (non-hydrogen) atoms. The van der Waals surface area contributed by atoms with Crippen molar-refractivity contribution in [1.29, 1.82) is 0 Å². The summed E-state index contributed by atoms with van der Waals surface area (Å²) in [6.07, 6.45) is 5.97. The number of hydrogen-bond acceptors (Lipinski definition) is 4. The fourth-order valence-electron chi connectivity index (χ4n) is 12.8. The predicted molar refractivity (Wildman–Crippen MR) is 316 cm³/mol. The number of furan rings is 2. The van der Waals surface area contributed by atoms with Gasteiger partial charge in [-0.25, -0.2) is 0 Å². The molecule has 6 nitrogen and oxygen atoms in total. The number of rotatable bonds is 8. The standard InChI is InChI=1S/C69H46N4O2/c1-5-15-46-52-25-13-27-60(68(52)74-64(46)6-2)70(42-18-9-16-40(3)34-42)44-30-32-58-54(36-44)48-21-11-23-50-56-39-63-57(38-62(56)72(58)66(48)50)51-24-12-22-49-55-37-45(31-33-59(55)73(63)67(49)51)71(43-19-10-17-41(4)35-43)61-28-14-26-53-47-20-7-8-29-65(47)75-69(53)61/h5-39H,2H2,1,3-4H3/b15-5-. The van der Waals surface area contributed by atoms with E-state index in [0.717, 1.165) is 78.4 Å². The van der Waals surface area contributed by atoms with Gasteiger partial charge in [0.1, 0.15) is 11.3 Å². The van der Waals surface area contributed by atoms with Crippen molar-refractivity contribution in [3.63, 3.8) is 0 Å². The number of aryl methyl sites for hydroxylation is 2. The SMILES string of the molecule is C=Cc1oc2c(N(c3cccc(C)c3)c3ccc4c(c3)c3cccc5c6cc7c(cc6n4c35)c3cccc4c5cc(N(c6cccc(C)c6)c6cccc8c6oc6ccccc68)ccc5n7c43)cccc2c1/C=C\C. The summed E-state index contributed by atoms with van der Waals surface area (Å²) in [5.41, 5.74) is 19.5. The molecular formula is C69H46N4O2. The van der Waals surface area contributed by atoms with Crippen LogP contribution in [0.25, 0.3) is 121 Å². The third-order valence-electron chi connectivity index (χ3n) is 15.9. The average Bonchev–Trinajstić information content (AvgIpc) is 4.32. The van der Waals surface area contributed by atoms with E-state index in [1.807, 2.05) is 19.1 Å². The van der Waals surface area contributed by atoms with Crippen LogP contribution in [0.15, 0.2) is 216 Å². The van der Waals surface area contributed by atoms with Crippen LogP contribution in [0.5, 0.6) is 0 Å². The minimum Gasteiger partial charge on any atom is -0.454 e. The van der Waals surface area contributed by atoms with Gasteiger partial charge in [-0.2, -0.15) is 0 Å². The maximum absolute atomic E-state index is 6.68. The molecule has 6 aromatic heterocycles. The number of aromatic nitrogens is 2. The number of allylic oxidation sites excluding steroid dienone is 1. The molecule has 6 heterocycles. The molecule has 16 rings (SSSR count). The number of fused-ring (bicyclic) bond motifs is 16. The summed E-state index contributed by atoms with van der Waals surface area (Å²) < 4.78 is 18.4. The van der Waals surface area contributed by atoms with Gasteiger partial charge in [0.2, 0.25) is 0 Å². The van der Waals surface area contributed by atoms with Crippen molar-refractivity contribution in [2.75, 3.05) is 9.80 Å². The van der Waals surface area contributed by atoms with Crippen molar-refractivity contribution in [1.82, 2.24) is 8.80 Å². The van der Waals surface area contributed by atoms with Crippen molar-refractivity contribution in [2.24, 2.45) is 0 Å². The van der Waals surface area contributed by atoms with Gasteiger partial charge in [-0.1, -0.05) is 122 Å². The van der Waals surface area contributed by atoms with E-state index < -0.39 is 0 Å². The van der Waals surface area contributed by atoms with E-state index in [4.69, 9.17) is 8.83 Å². The lowest BCUT2D eigenvalue weighted by atomic mass is 10.0. The summed E-state index contributed by atoms with van der Waals surface area (Å²) in [5.74, 6) is 0.763. The van der Waals surface area contributed by atoms with E-state index in [9.17, 15) is 0 Å². The summed E-state index contributed by atoms with van der Waals surface area (Å²) in [7, 11) is 0. The van der Waals surface area contributed by atoms with Crippen molar-refractivity contribution in [3.05, 3.63) is 229 Å². The zero-order chi connectivity index (χ0) is 49.8. The molecule has 0 aliphatic carbocycles. The van der Waals surface area contributed by atoms with Gasteiger partial charge in [0.15, 0.2) is 11.2 Å². The van der Waals surface area contributed by atoms with E-state index >= 15 is 0 Å². The van der Waals surface area contributed by atoms with Crippen molar-refractivity contribution >= 4 is 155 Å². The molecule has 0 fully saturated rings. The third-order valence-corrected chi connectivity index (χ3v) is 15.9. The van der Waals surface area contributed by atoms with Crippen LogP contribution >= 0.6 is 0 Å².